The van der Waals surface area contributed by atoms with Crippen LogP contribution in [0.25, 0.3) is 0 Å². The molecule has 1 N–H and O–H groups in total. The molecule has 1 aromatic heterocycles. The Bertz CT molecular complexity index is 740. The quantitative estimate of drug-likeness (QED) is 0.415. The van der Waals surface area contributed by atoms with Gasteiger partial charge in [0.1, 0.15) is 0 Å². The van der Waals surface area contributed by atoms with Gasteiger partial charge in [0, 0.05) is 6.08 Å². The SMILES string of the molecule is C=CC(=O)O.O=c1n(CC2CO2)c(=O)n(CC2CO2)c(=O)n1CC1CO1. The zero-order valence-corrected chi connectivity index (χ0v) is 13.9. The Kier molecular flexibility index (Phi) is 5.20. The number of carbonyl (C=O) groups is 1. The van der Waals surface area contributed by atoms with Crippen molar-refractivity contribution in [2.24, 2.45) is 0 Å². The van der Waals surface area contributed by atoms with Crippen LogP contribution in [0.3, 0.4) is 0 Å². The highest BCUT2D eigenvalue weighted by Gasteiger charge is 2.31. The van der Waals surface area contributed by atoms with Gasteiger partial charge in [-0.2, -0.15) is 0 Å². The average molecular weight is 369 g/mol. The number of aromatic nitrogens is 3. The lowest BCUT2D eigenvalue weighted by Gasteiger charge is -2.12. The Morgan fingerprint density at radius 1 is 0.885 bits per heavy atom. The minimum atomic E-state index is -0.981. The smallest absolute Gasteiger partial charge is 0.336 e. The van der Waals surface area contributed by atoms with Crippen molar-refractivity contribution in [3.8, 4) is 0 Å². The van der Waals surface area contributed by atoms with Crippen LogP contribution in [0.15, 0.2) is 27.0 Å². The highest BCUT2D eigenvalue weighted by atomic mass is 16.6. The summed E-state index contributed by atoms with van der Waals surface area (Å²) in [6, 6.07) is 0. The molecular weight excluding hydrogens is 350 g/mol. The van der Waals surface area contributed by atoms with Crippen LogP contribution in [0.1, 0.15) is 0 Å². The van der Waals surface area contributed by atoms with Gasteiger partial charge in [-0.25, -0.2) is 32.9 Å². The summed E-state index contributed by atoms with van der Waals surface area (Å²) < 4.78 is 18.4. The second kappa shape index (κ2) is 7.40. The largest absolute Gasteiger partial charge is 0.478 e. The van der Waals surface area contributed by atoms with Crippen LogP contribution < -0.4 is 17.1 Å². The summed E-state index contributed by atoms with van der Waals surface area (Å²) in [7, 11) is 0. The average Bonchev–Trinajstić information content (AvgIpc) is 3.47. The first-order valence-corrected chi connectivity index (χ1v) is 8.05. The van der Waals surface area contributed by atoms with Gasteiger partial charge in [0.15, 0.2) is 0 Å². The van der Waals surface area contributed by atoms with Gasteiger partial charge in [0.05, 0.1) is 57.8 Å². The van der Waals surface area contributed by atoms with Crippen molar-refractivity contribution in [3.05, 3.63) is 44.1 Å². The molecule has 4 rings (SSSR count). The number of epoxide rings is 3. The minimum Gasteiger partial charge on any atom is -0.478 e. The number of aliphatic carboxylic acids is 1. The third-order valence-corrected chi connectivity index (χ3v) is 3.93. The standard InChI is InChI=1S/C12H15N3O6.C3H4O2/c16-10-13(1-7-4-19-7)11(17)15(3-9-6-21-9)12(18)14(10)2-8-5-20-8;1-2-3(4)5/h7-9H,1-6H2;2H,1H2,(H,4,5). The van der Waals surface area contributed by atoms with Crippen molar-refractivity contribution in [1.82, 2.24) is 13.7 Å². The summed E-state index contributed by atoms with van der Waals surface area (Å²) in [5.41, 5.74) is -1.78. The van der Waals surface area contributed by atoms with Crippen LogP contribution in [0.2, 0.25) is 0 Å². The molecule has 0 radical (unpaired) electrons. The molecular formula is C15H19N3O8. The number of ether oxygens (including phenoxy) is 3. The molecule has 0 saturated carbocycles. The van der Waals surface area contributed by atoms with E-state index in [4.69, 9.17) is 19.3 Å². The molecule has 3 fully saturated rings. The third-order valence-electron chi connectivity index (χ3n) is 3.93. The number of hydrogen-bond donors (Lipinski definition) is 1. The lowest BCUT2D eigenvalue weighted by atomic mass is 10.4. The molecule has 0 spiro atoms. The van der Waals surface area contributed by atoms with Crippen LogP contribution in [0.4, 0.5) is 0 Å². The normalized spacial score (nSPS) is 25.0. The summed E-state index contributed by atoms with van der Waals surface area (Å²) in [6.45, 7) is 5.08. The van der Waals surface area contributed by atoms with Crippen LogP contribution >= 0.6 is 0 Å². The van der Waals surface area contributed by atoms with Crippen molar-refractivity contribution >= 4 is 5.97 Å². The molecule has 0 amide bonds. The van der Waals surface area contributed by atoms with E-state index in [2.05, 4.69) is 6.58 Å². The Hall–Kier alpha value is -2.50. The Labute approximate surface area is 146 Å². The molecule has 0 aromatic carbocycles. The molecule has 11 heteroatoms. The van der Waals surface area contributed by atoms with E-state index >= 15 is 0 Å². The van der Waals surface area contributed by atoms with Gasteiger partial charge in [-0.3, -0.25) is 0 Å². The van der Waals surface area contributed by atoms with Gasteiger partial charge in [0.25, 0.3) is 0 Å². The highest BCUT2D eigenvalue weighted by molar-refractivity contribution is 5.78. The maximum atomic E-state index is 12.4. The maximum Gasteiger partial charge on any atom is 0.336 e. The number of carboxylic acids is 1. The van der Waals surface area contributed by atoms with E-state index in [1.54, 1.807) is 0 Å². The fourth-order valence-corrected chi connectivity index (χ4v) is 2.28. The summed E-state index contributed by atoms with van der Waals surface area (Å²) in [6.07, 6.45) is 0.470. The van der Waals surface area contributed by atoms with E-state index in [1.165, 1.54) is 0 Å². The molecule has 11 nitrogen and oxygen atoms in total. The van der Waals surface area contributed by atoms with Gasteiger partial charge < -0.3 is 19.3 Å². The van der Waals surface area contributed by atoms with E-state index in [9.17, 15) is 19.2 Å². The molecule has 1 aromatic rings. The van der Waals surface area contributed by atoms with E-state index in [-0.39, 0.29) is 37.9 Å². The summed E-state index contributed by atoms with van der Waals surface area (Å²) in [5, 5.41) is 7.60. The Balaban J connectivity index is 0.000000349. The Morgan fingerprint density at radius 2 is 1.12 bits per heavy atom. The van der Waals surface area contributed by atoms with E-state index < -0.39 is 23.0 Å². The number of nitrogens with zero attached hydrogens (tertiary/aromatic N) is 3. The minimum absolute atomic E-state index is 0.121. The van der Waals surface area contributed by atoms with Crippen molar-refractivity contribution in [3.63, 3.8) is 0 Å². The zero-order chi connectivity index (χ0) is 18.8. The van der Waals surface area contributed by atoms with Gasteiger partial charge >= 0.3 is 23.0 Å². The fourth-order valence-electron chi connectivity index (χ4n) is 2.28. The number of carboxylic acid groups (broad SMARTS) is 1. The van der Waals surface area contributed by atoms with Gasteiger partial charge in [0.2, 0.25) is 0 Å². The lowest BCUT2D eigenvalue weighted by molar-refractivity contribution is -0.131. The molecule has 0 aliphatic carbocycles. The van der Waals surface area contributed by atoms with Crippen LogP contribution in [-0.2, 0) is 38.6 Å². The topological polar surface area (TPSA) is 141 Å². The second-order valence-electron chi connectivity index (χ2n) is 6.09. The van der Waals surface area contributed by atoms with Gasteiger partial charge in [-0.15, -0.1) is 0 Å². The molecule has 0 bridgehead atoms. The second-order valence-corrected chi connectivity index (χ2v) is 6.09. The monoisotopic (exact) mass is 369 g/mol. The molecule has 3 aliphatic heterocycles. The molecule has 3 saturated heterocycles. The molecule has 3 atom stereocenters. The molecule has 4 heterocycles. The summed E-state index contributed by atoms with van der Waals surface area (Å²) >= 11 is 0. The van der Waals surface area contributed by atoms with Crippen molar-refractivity contribution in [2.45, 2.75) is 37.9 Å². The third kappa shape index (κ3) is 4.56. The summed E-state index contributed by atoms with van der Waals surface area (Å²) in [5.74, 6) is -0.981. The number of hydrogen-bond acceptors (Lipinski definition) is 7. The molecule has 3 unspecified atom stereocenters. The molecule has 3 aliphatic rings. The van der Waals surface area contributed by atoms with Crippen LogP contribution in [0, 0.1) is 0 Å². The Morgan fingerprint density at radius 3 is 1.27 bits per heavy atom. The van der Waals surface area contributed by atoms with Gasteiger partial charge in [-0.05, 0) is 0 Å². The molecule has 142 valence electrons. The highest BCUT2D eigenvalue weighted by Crippen LogP contribution is 2.12. The molecule has 26 heavy (non-hydrogen) atoms. The van der Waals surface area contributed by atoms with Crippen molar-refractivity contribution in [2.75, 3.05) is 19.8 Å². The van der Waals surface area contributed by atoms with Crippen LogP contribution in [0.5, 0.6) is 0 Å². The predicted molar refractivity (Wildman–Crippen MR) is 86.3 cm³/mol. The lowest BCUT2D eigenvalue weighted by Crippen LogP contribution is -2.55. The van der Waals surface area contributed by atoms with Crippen molar-refractivity contribution in [1.29, 1.82) is 0 Å². The maximum absolute atomic E-state index is 12.4. The fraction of sp³-hybridized carbons (Fsp3) is 0.600. The first-order valence-electron chi connectivity index (χ1n) is 8.05. The number of rotatable bonds is 7. The first kappa shape index (κ1) is 18.3. The zero-order valence-electron chi connectivity index (χ0n) is 13.9. The van der Waals surface area contributed by atoms with E-state index in [0.717, 1.165) is 19.8 Å². The van der Waals surface area contributed by atoms with Gasteiger partial charge in [-0.1, -0.05) is 6.58 Å². The van der Waals surface area contributed by atoms with Crippen LogP contribution in [-0.4, -0.2) is 62.9 Å². The van der Waals surface area contributed by atoms with E-state index in [0.29, 0.717) is 19.8 Å². The summed E-state index contributed by atoms with van der Waals surface area (Å²) in [4.78, 5) is 46.3. The first-order chi connectivity index (χ1) is 12.4. The predicted octanol–water partition coefficient (Wildman–Crippen LogP) is -2.37. The van der Waals surface area contributed by atoms with Crippen molar-refractivity contribution < 1.29 is 24.1 Å². The van der Waals surface area contributed by atoms with E-state index in [1.807, 2.05) is 0 Å².